The number of hydrogen-bond acceptors (Lipinski definition) is 10. The van der Waals surface area contributed by atoms with E-state index in [0.29, 0.717) is 60.4 Å². The summed E-state index contributed by atoms with van der Waals surface area (Å²) in [5.74, 6) is -1.44. The Kier molecular flexibility index (Phi) is 11.1. The first-order chi connectivity index (χ1) is 29.1. The predicted octanol–water partition coefficient (Wildman–Crippen LogP) is 7.86. The Morgan fingerprint density at radius 1 is 0.917 bits per heavy atom. The summed E-state index contributed by atoms with van der Waals surface area (Å²) in [4.78, 5) is 59.9. The third-order valence-electron chi connectivity index (χ3n) is 12.3. The molecule has 14 heteroatoms. The fourth-order valence-corrected chi connectivity index (χ4v) is 11.0. The Balaban J connectivity index is 1.04. The molecule has 0 bridgehead atoms. The maximum atomic E-state index is 15.0. The van der Waals surface area contributed by atoms with E-state index in [2.05, 4.69) is 4.72 Å². The molecule has 2 saturated carbocycles. The first-order valence-electron chi connectivity index (χ1n) is 20.8. The largest absolute Gasteiger partial charge is 0.472 e. The van der Waals surface area contributed by atoms with Crippen LogP contribution in [0.3, 0.4) is 0 Å². The number of amides is 2. The zero-order valence-electron chi connectivity index (χ0n) is 33.0. The van der Waals surface area contributed by atoms with Gasteiger partial charge in [0.2, 0.25) is 27.7 Å². The molecule has 0 spiro atoms. The zero-order valence-corrected chi connectivity index (χ0v) is 34.7. The van der Waals surface area contributed by atoms with Crippen molar-refractivity contribution in [2.45, 2.75) is 88.0 Å². The van der Waals surface area contributed by atoms with Crippen LogP contribution in [-0.2, 0) is 30.8 Å². The molecular formula is C46H46FN5O6S2. The fourth-order valence-electron chi connectivity index (χ4n) is 8.70. The van der Waals surface area contributed by atoms with E-state index in [9.17, 15) is 22.4 Å². The molecule has 310 valence electrons. The molecule has 0 unspecified atom stereocenters. The number of thiazole rings is 1. The van der Waals surface area contributed by atoms with Crippen molar-refractivity contribution in [2.75, 3.05) is 6.54 Å². The number of para-hydroxylation sites is 1. The third-order valence-corrected chi connectivity index (χ3v) is 15.0. The van der Waals surface area contributed by atoms with Gasteiger partial charge >= 0.3 is 0 Å². The Labute approximate surface area is 352 Å². The van der Waals surface area contributed by atoms with Crippen molar-refractivity contribution in [1.82, 2.24) is 24.6 Å². The number of nitrogens with zero attached hydrogens (tertiary/aromatic N) is 4. The molecular weight excluding hydrogens is 802 g/mol. The molecule has 9 rings (SSSR count). The van der Waals surface area contributed by atoms with Gasteiger partial charge in [0.05, 0.1) is 44.9 Å². The van der Waals surface area contributed by atoms with Crippen LogP contribution >= 0.6 is 11.3 Å². The molecule has 4 aliphatic rings. The van der Waals surface area contributed by atoms with Crippen molar-refractivity contribution in [3.05, 3.63) is 107 Å². The van der Waals surface area contributed by atoms with E-state index in [1.54, 1.807) is 17.0 Å². The van der Waals surface area contributed by atoms with Gasteiger partial charge in [0.25, 0.3) is 0 Å². The highest BCUT2D eigenvalue weighted by Gasteiger charge is 2.61. The quantitative estimate of drug-likeness (QED) is 0.146. The maximum absolute atomic E-state index is 15.0. The van der Waals surface area contributed by atoms with Crippen LogP contribution < -0.4 is 9.46 Å². The van der Waals surface area contributed by atoms with Crippen LogP contribution in [0.5, 0.6) is 5.88 Å². The second kappa shape index (κ2) is 16.6. The van der Waals surface area contributed by atoms with Gasteiger partial charge in [-0.05, 0) is 80.8 Å². The van der Waals surface area contributed by atoms with Gasteiger partial charge in [-0.3, -0.25) is 19.1 Å². The van der Waals surface area contributed by atoms with Crippen molar-refractivity contribution in [3.63, 3.8) is 0 Å². The summed E-state index contributed by atoms with van der Waals surface area (Å²) in [7, 11) is -3.85. The monoisotopic (exact) mass is 847 g/mol. The van der Waals surface area contributed by atoms with Gasteiger partial charge in [0, 0.05) is 41.7 Å². The summed E-state index contributed by atoms with van der Waals surface area (Å²) in [6.07, 6.45) is 8.96. The lowest BCUT2D eigenvalue weighted by atomic mass is 9.90. The van der Waals surface area contributed by atoms with Crippen molar-refractivity contribution >= 4 is 49.9 Å². The summed E-state index contributed by atoms with van der Waals surface area (Å²) < 4.78 is 48.7. The fraction of sp³-hybridized carbons (Fsp3) is 0.391. The highest BCUT2D eigenvalue weighted by Crippen LogP contribution is 2.57. The molecule has 60 heavy (non-hydrogen) atoms. The Bertz CT molecular complexity index is 2560. The molecule has 3 aromatic carbocycles. The second-order valence-corrected chi connectivity index (χ2v) is 19.5. The Morgan fingerprint density at radius 2 is 1.70 bits per heavy atom. The number of sulfonamides is 1. The van der Waals surface area contributed by atoms with E-state index in [0.717, 1.165) is 41.8 Å². The summed E-state index contributed by atoms with van der Waals surface area (Å²) >= 11 is 1.45. The first kappa shape index (κ1) is 40.1. The molecule has 2 aromatic heterocycles. The molecule has 2 aliphatic heterocycles. The van der Waals surface area contributed by atoms with Crippen LogP contribution in [0.15, 0.2) is 96.4 Å². The molecule has 2 amide bonds. The minimum Gasteiger partial charge on any atom is -0.472 e. The van der Waals surface area contributed by atoms with Gasteiger partial charge < -0.3 is 9.64 Å². The number of fused-ring (bicyclic) bond motifs is 3. The van der Waals surface area contributed by atoms with Crippen molar-refractivity contribution < 1.29 is 31.9 Å². The highest BCUT2D eigenvalue weighted by molar-refractivity contribution is 7.90. The molecule has 3 fully saturated rings. The Morgan fingerprint density at radius 3 is 2.50 bits per heavy atom. The van der Waals surface area contributed by atoms with Gasteiger partial charge in [-0.25, -0.2) is 22.8 Å². The highest BCUT2D eigenvalue weighted by atomic mass is 32.2. The van der Waals surface area contributed by atoms with Gasteiger partial charge in [-0.2, -0.15) is 4.98 Å². The molecule has 1 saturated heterocycles. The van der Waals surface area contributed by atoms with E-state index in [-0.39, 0.29) is 42.8 Å². The van der Waals surface area contributed by atoms with Crippen LogP contribution in [-0.4, -0.2) is 69.8 Å². The van der Waals surface area contributed by atoms with Crippen LogP contribution in [0.25, 0.3) is 33.5 Å². The molecule has 11 nitrogen and oxygen atoms in total. The molecule has 5 aromatic rings. The smallest absolute Gasteiger partial charge is 0.240 e. The average Bonchev–Trinajstić information content (AvgIpc) is 4.14. The summed E-state index contributed by atoms with van der Waals surface area (Å²) in [5.41, 5.74) is 1.75. The van der Waals surface area contributed by atoms with Crippen LogP contribution in [0.4, 0.5) is 4.39 Å². The standard InChI is InChI=1S/C46H46FN5O6S2/c47-33-19-17-29(18-20-33)38-28-59-41(48-38)23-31-13-5-2-1-3-8-14-32-25-46(32,45(55)51-60(56,57)35-21-22-35)26-40(53)39-24-34(27-52(39)44(31)54)58-43-36-15-9-10-16-37(36)49-42(50-43)30-11-6-4-7-12-30/h4,6-12,14-20,28,31-32,34-35,39H,1-3,5,13,21-27H2,(H,51,55)/b14-8-/t31-,32+,34-,39+,46-/m1/s1. The van der Waals surface area contributed by atoms with E-state index in [1.807, 2.05) is 72.1 Å². The van der Waals surface area contributed by atoms with Crippen LogP contribution in [0.1, 0.15) is 69.2 Å². The molecule has 0 radical (unpaired) electrons. The lowest BCUT2D eigenvalue weighted by Crippen LogP contribution is -2.46. The number of allylic oxidation sites excluding steroid dienone is 2. The Hall–Kier alpha value is -5.34. The minimum atomic E-state index is -3.85. The van der Waals surface area contributed by atoms with Gasteiger partial charge in [-0.1, -0.05) is 67.5 Å². The number of ether oxygens (including phenoxy) is 1. The number of carbonyl (C=O) groups excluding carboxylic acids is 3. The predicted molar refractivity (Wildman–Crippen MR) is 227 cm³/mol. The van der Waals surface area contributed by atoms with E-state index < -0.39 is 44.7 Å². The van der Waals surface area contributed by atoms with Crippen LogP contribution in [0, 0.1) is 23.1 Å². The van der Waals surface area contributed by atoms with E-state index in [1.165, 1.54) is 23.5 Å². The number of hydrogen-bond donors (Lipinski definition) is 1. The number of benzene rings is 3. The lowest BCUT2D eigenvalue weighted by molar-refractivity contribution is -0.142. The number of rotatable bonds is 9. The normalized spacial score (nSPS) is 25.4. The topological polar surface area (TPSA) is 149 Å². The number of ketones is 1. The summed E-state index contributed by atoms with van der Waals surface area (Å²) in [5, 5.41) is 2.77. The molecule has 2 aliphatic carbocycles. The third kappa shape index (κ3) is 8.49. The summed E-state index contributed by atoms with van der Waals surface area (Å²) in [6, 6.07) is 22.4. The second-order valence-electron chi connectivity index (χ2n) is 16.6. The first-order valence-corrected chi connectivity index (χ1v) is 23.2. The molecule has 1 N–H and O–H groups in total. The number of Topliss-reactive ketones (excluding diaryl/α,β-unsaturated/α-hetero) is 1. The van der Waals surface area contributed by atoms with Crippen LogP contribution in [0.2, 0.25) is 0 Å². The van der Waals surface area contributed by atoms with Crippen molar-refractivity contribution in [1.29, 1.82) is 0 Å². The number of carbonyl (C=O) groups is 3. The minimum absolute atomic E-state index is 0.113. The maximum Gasteiger partial charge on any atom is 0.240 e. The molecule has 4 heterocycles. The van der Waals surface area contributed by atoms with E-state index >= 15 is 4.79 Å². The lowest BCUT2D eigenvalue weighted by Gasteiger charge is -2.29. The SMILES string of the molecule is O=C1C[C@]2(C(=O)NS(=O)(=O)C3CC3)C[C@@H]2/C=C\CCCCC[C@H](Cc2nc(-c3ccc(F)cc3)cs2)C(=O)N2C[C@H](Oc3nc(-c4ccccc4)nc4ccccc34)C[C@@H]12. The molecule has 5 atom stereocenters. The average molecular weight is 848 g/mol. The van der Waals surface area contributed by atoms with Crippen molar-refractivity contribution in [2.24, 2.45) is 17.3 Å². The number of nitrogens with one attached hydrogen (secondary N) is 1. The zero-order chi connectivity index (χ0) is 41.4. The van der Waals surface area contributed by atoms with Gasteiger partial charge in [0.15, 0.2) is 11.6 Å². The van der Waals surface area contributed by atoms with Gasteiger partial charge in [-0.15, -0.1) is 11.3 Å². The number of aromatic nitrogens is 3. The van der Waals surface area contributed by atoms with E-state index in [4.69, 9.17) is 19.7 Å². The van der Waals surface area contributed by atoms with Crippen molar-refractivity contribution in [3.8, 4) is 28.5 Å². The number of halogens is 1. The summed E-state index contributed by atoms with van der Waals surface area (Å²) in [6.45, 7) is 0.113. The van der Waals surface area contributed by atoms with Gasteiger partial charge in [0.1, 0.15) is 11.9 Å².